The van der Waals surface area contributed by atoms with E-state index in [0.29, 0.717) is 39.2 Å². The number of carboxylic acid groups (broad SMARTS) is 1. The second-order valence-electron chi connectivity index (χ2n) is 18.4. The third kappa shape index (κ3) is 5.44. The molecule has 3 unspecified atom stereocenters. The summed E-state index contributed by atoms with van der Waals surface area (Å²) >= 11 is 0. The first-order valence-corrected chi connectivity index (χ1v) is 18.6. The van der Waals surface area contributed by atoms with Crippen molar-refractivity contribution in [1.82, 2.24) is 10.2 Å². The Labute approximate surface area is 277 Å². The van der Waals surface area contributed by atoms with Gasteiger partial charge < -0.3 is 15.3 Å². The molecule has 45 heavy (non-hydrogen) atoms. The molecule has 5 aliphatic carbocycles. The number of rotatable bonds is 9. The third-order valence-electron chi connectivity index (χ3n) is 15.9. The lowest BCUT2D eigenvalue weighted by Gasteiger charge is -2.73. The van der Waals surface area contributed by atoms with E-state index in [2.05, 4.69) is 79.4 Å². The monoisotopic (exact) mass is 621 g/mol. The van der Waals surface area contributed by atoms with Gasteiger partial charge >= 0.3 is 5.97 Å². The molecule has 0 spiro atoms. The first-order valence-electron chi connectivity index (χ1n) is 18.6. The molecule has 5 saturated carbocycles. The lowest BCUT2D eigenvalue weighted by molar-refractivity contribution is -0.237. The summed E-state index contributed by atoms with van der Waals surface area (Å²) in [6, 6.07) is 0. The molecule has 5 rings (SSSR count). The summed E-state index contributed by atoms with van der Waals surface area (Å²) in [4.78, 5) is 13.9. The number of nitrogens with one attached hydrogen (secondary N) is 1. The van der Waals surface area contributed by atoms with Gasteiger partial charge in [-0.3, -0.25) is 0 Å². The maximum Gasteiger partial charge on any atom is 0.335 e. The maximum absolute atomic E-state index is 11.6. The lowest BCUT2D eigenvalue weighted by atomic mass is 9.32. The van der Waals surface area contributed by atoms with Crippen LogP contribution >= 0.6 is 0 Å². The summed E-state index contributed by atoms with van der Waals surface area (Å²) in [6.45, 7) is 26.9. The molecule has 0 saturated heterocycles. The second kappa shape index (κ2) is 12.2. The van der Waals surface area contributed by atoms with Gasteiger partial charge in [-0.25, -0.2) is 4.79 Å². The van der Waals surface area contributed by atoms with Gasteiger partial charge in [0.05, 0.1) is 5.57 Å². The van der Waals surface area contributed by atoms with Crippen LogP contribution in [0.1, 0.15) is 120 Å². The molecule has 0 aromatic heterocycles. The van der Waals surface area contributed by atoms with Gasteiger partial charge in [0.2, 0.25) is 0 Å². The summed E-state index contributed by atoms with van der Waals surface area (Å²) in [7, 11) is 4.42. The van der Waals surface area contributed by atoms with E-state index in [9.17, 15) is 9.90 Å². The normalized spacial score (nSPS) is 44.4. The standard InChI is InChI=1S/C41H68N2O2/c1-12-29(36(44)45)14-13-28(4)31-18-20-38(7)33(37(31,5)6)19-21-40(9)34(38)16-15-32-35-30(27(2)3)17-22-41(35,24-23-39(32,40)8)42-25-26-43(10)11/h12-14,27,30-35,42H,4,15-26H2,1-3,5-11H3,(H,44,45)/b14-13-,29-12+/t30-,31+,32+,33?,34?,35?,38-,39+,40+,41-/m0/s1. The molecule has 10 atom stereocenters. The fourth-order valence-electron chi connectivity index (χ4n) is 13.5. The number of hydrogen-bond donors (Lipinski definition) is 2. The summed E-state index contributed by atoms with van der Waals surface area (Å²) in [5.74, 6) is 4.17. The summed E-state index contributed by atoms with van der Waals surface area (Å²) in [5, 5.41) is 13.8. The average Bonchev–Trinajstić information content (AvgIpc) is 3.33. The van der Waals surface area contributed by atoms with Crippen molar-refractivity contribution in [1.29, 1.82) is 0 Å². The molecule has 2 N–H and O–H groups in total. The Hall–Kier alpha value is -1.39. The van der Waals surface area contributed by atoms with Crippen molar-refractivity contribution in [2.75, 3.05) is 27.2 Å². The first-order chi connectivity index (χ1) is 21.0. The van der Waals surface area contributed by atoms with Crippen LogP contribution in [0.4, 0.5) is 0 Å². The molecule has 0 aromatic rings. The highest BCUT2D eigenvalue weighted by Crippen LogP contribution is 2.77. The molecule has 0 radical (unpaired) electrons. The van der Waals surface area contributed by atoms with E-state index >= 15 is 0 Å². The predicted octanol–water partition coefficient (Wildman–Crippen LogP) is 9.39. The number of nitrogens with zero attached hydrogens (tertiary/aromatic N) is 1. The van der Waals surface area contributed by atoms with Crippen LogP contribution in [0.5, 0.6) is 0 Å². The minimum Gasteiger partial charge on any atom is -0.478 e. The van der Waals surface area contributed by atoms with Gasteiger partial charge in [-0.2, -0.15) is 0 Å². The average molecular weight is 621 g/mol. The molecule has 0 amide bonds. The topological polar surface area (TPSA) is 52.6 Å². The van der Waals surface area contributed by atoms with E-state index in [1.165, 1.54) is 57.8 Å². The minimum atomic E-state index is -0.866. The molecule has 0 aromatic carbocycles. The Kier molecular flexibility index (Phi) is 9.51. The lowest BCUT2D eigenvalue weighted by Crippen LogP contribution is -2.68. The summed E-state index contributed by atoms with van der Waals surface area (Å²) < 4.78 is 0. The molecule has 4 heteroatoms. The quantitative estimate of drug-likeness (QED) is 0.199. The highest BCUT2D eigenvalue weighted by molar-refractivity contribution is 5.89. The van der Waals surface area contributed by atoms with Crippen LogP contribution in [0.25, 0.3) is 0 Å². The van der Waals surface area contributed by atoms with Gasteiger partial charge in [0.15, 0.2) is 0 Å². The molecule has 4 nitrogen and oxygen atoms in total. The van der Waals surface area contributed by atoms with Crippen molar-refractivity contribution < 1.29 is 9.90 Å². The minimum absolute atomic E-state index is 0.138. The molecule has 5 fully saturated rings. The number of fused-ring (bicyclic) bond motifs is 7. The van der Waals surface area contributed by atoms with Gasteiger partial charge in [0.25, 0.3) is 0 Å². The Balaban J connectivity index is 1.42. The summed E-state index contributed by atoms with van der Waals surface area (Å²) in [6.07, 6.45) is 18.8. The molecule has 254 valence electrons. The predicted molar refractivity (Wildman–Crippen MR) is 189 cm³/mol. The van der Waals surface area contributed by atoms with E-state index in [-0.39, 0.29) is 5.41 Å². The van der Waals surface area contributed by atoms with Crippen molar-refractivity contribution in [3.05, 3.63) is 36.0 Å². The smallest absolute Gasteiger partial charge is 0.335 e. The van der Waals surface area contributed by atoms with Crippen LogP contribution < -0.4 is 5.32 Å². The number of aliphatic carboxylic acids is 1. The van der Waals surface area contributed by atoms with Crippen LogP contribution in [0.15, 0.2) is 36.0 Å². The van der Waals surface area contributed by atoms with Crippen LogP contribution in [-0.4, -0.2) is 48.7 Å². The third-order valence-corrected chi connectivity index (χ3v) is 15.9. The van der Waals surface area contributed by atoms with Gasteiger partial charge in [0.1, 0.15) is 0 Å². The number of allylic oxidation sites excluding steroid dienone is 3. The Bertz CT molecular complexity index is 1200. The molecule has 0 aliphatic heterocycles. The molecule has 0 heterocycles. The van der Waals surface area contributed by atoms with Crippen molar-refractivity contribution in [2.45, 2.75) is 125 Å². The van der Waals surface area contributed by atoms with E-state index < -0.39 is 5.97 Å². The number of carbonyl (C=O) groups is 1. The SMILES string of the molecule is C=C(/C=C\C(=C/C)C(=O)O)[C@H]1CC[C@@]2(C)C(CC[C@]3(C)C2CC[C@@H]2C4[C@H](C(C)C)CC[C@]4(NCCN(C)C)CC[C@]23C)C1(C)C. The number of likely N-dealkylation sites (N-methyl/N-ethyl adjacent to an activating group) is 1. The number of hydrogen-bond acceptors (Lipinski definition) is 3. The van der Waals surface area contributed by atoms with Crippen LogP contribution in [-0.2, 0) is 4.79 Å². The molecule has 0 bridgehead atoms. The molecule has 5 aliphatic rings. The van der Waals surface area contributed by atoms with Gasteiger partial charge in [0, 0.05) is 18.6 Å². The Morgan fingerprint density at radius 2 is 1.62 bits per heavy atom. The van der Waals surface area contributed by atoms with Crippen LogP contribution in [0, 0.1) is 63.1 Å². The zero-order valence-corrected chi connectivity index (χ0v) is 30.8. The fraction of sp³-hybridized carbons (Fsp3) is 0.829. The van der Waals surface area contributed by atoms with Gasteiger partial charge in [-0.05, 0) is 154 Å². The largest absolute Gasteiger partial charge is 0.478 e. The molecular formula is C41H68N2O2. The first kappa shape index (κ1) is 34.9. The Morgan fingerprint density at radius 1 is 0.911 bits per heavy atom. The highest BCUT2D eigenvalue weighted by atomic mass is 16.4. The van der Waals surface area contributed by atoms with Gasteiger partial charge in [-0.1, -0.05) is 72.8 Å². The Morgan fingerprint density at radius 3 is 2.24 bits per heavy atom. The second-order valence-corrected chi connectivity index (χ2v) is 18.4. The van der Waals surface area contributed by atoms with Crippen molar-refractivity contribution >= 4 is 5.97 Å². The molecular weight excluding hydrogens is 552 g/mol. The van der Waals surface area contributed by atoms with Crippen molar-refractivity contribution in [2.24, 2.45) is 63.1 Å². The summed E-state index contributed by atoms with van der Waals surface area (Å²) in [5.41, 5.74) is 3.04. The van der Waals surface area contributed by atoms with Crippen molar-refractivity contribution in [3.8, 4) is 0 Å². The van der Waals surface area contributed by atoms with Crippen LogP contribution in [0.2, 0.25) is 0 Å². The number of carboxylic acids is 1. The van der Waals surface area contributed by atoms with Crippen molar-refractivity contribution in [3.63, 3.8) is 0 Å². The van der Waals surface area contributed by atoms with E-state index in [1.807, 2.05) is 6.08 Å². The van der Waals surface area contributed by atoms with Crippen LogP contribution in [0.3, 0.4) is 0 Å². The van der Waals surface area contributed by atoms with Gasteiger partial charge in [-0.15, -0.1) is 0 Å². The fourth-order valence-corrected chi connectivity index (χ4v) is 13.5. The zero-order chi connectivity index (χ0) is 33.2. The van der Waals surface area contributed by atoms with E-state index in [1.54, 1.807) is 19.1 Å². The zero-order valence-electron chi connectivity index (χ0n) is 30.8. The van der Waals surface area contributed by atoms with E-state index in [0.717, 1.165) is 54.7 Å². The highest BCUT2D eigenvalue weighted by Gasteiger charge is 2.70. The maximum atomic E-state index is 11.6. The van der Waals surface area contributed by atoms with E-state index in [4.69, 9.17) is 0 Å².